The number of rotatable bonds is 1. The van der Waals surface area contributed by atoms with Gasteiger partial charge in [0.05, 0.1) is 8.88 Å². The lowest BCUT2D eigenvalue weighted by molar-refractivity contribution is 0.661. The molecule has 0 amide bonds. The molecule has 1 unspecified atom stereocenters. The molecule has 13 heavy (non-hydrogen) atoms. The maximum atomic E-state index is 4.30. The summed E-state index contributed by atoms with van der Waals surface area (Å²) in [5, 5.41) is 14.2. The SMILES string of the molecule is C1CCC(=NNC2=NNPN2)CC1. The first-order valence-electron chi connectivity index (χ1n) is 4.60. The van der Waals surface area contributed by atoms with Crippen molar-refractivity contribution in [1.29, 1.82) is 0 Å². The van der Waals surface area contributed by atoms with Crippen LogP contribution in [0.25, 0.3) is 0 Å². The molecule has 1 atom stereocenters. The van der Waals surface area contributed by atoms with Crippen LogP contribution in [0.15, 0.2) is 10.2 Å². The maximum absolute atomic E-state index is 4.30. The van der Waals surface area contributed by atoms with E-state index in [4.69, 9.17) is 0 Å². The third-order valence-corrected chi connectivity index (χ3v) is 2.74. The summed E-state index contributed by atoms with van der Waals surface area (Å²) in [5.41, 5.74) is 4.19. The summed E-state index contributed by atoms with van der Waals surface area (Å²) in [7, 11) is 0.472. The fourth-order valence-corrected chi connectivity index (χ4v) is 1.91. The van der Waals surface area contributed by atoms with Gasteiger partial charge in [-0.1, -0.05) is 6.42 Å². The van der Waals surface area contributed by atoms with E-state index in [0.29, 0.717) is 8.88 Å². The van der Waals surface area contributed by atoms with Crippen molar-refractivity contribution in [2.75, 3.05) is 0 Å². The van der Waals surface area contributed by atoms with E-state index < -0.39 is 0 Å². The second-order valence-corrected chi connectivity index (χ2v) is 3.90. The van der Waals surface area contributed by atoms with Gasteiger partial charge in [-0.3, -0.25) is 5.20 Å². The van der Waals surface area contributed by atoms with Crippen LogP contribution in [-0.2, 0) is 0 Å². The Kier molecular flexibility index (Phi) is 2.98. The molecule has 0 saturated heterocycles. The molecule has 0 aromatic carbocycles. The van der Waals surface area contributed by atoms with E-state index in [2.05, 4.69) is 25.9 Å². The topological polar surface area (TPSA) is 60.8 Å². The molecule has 0 spiro atoms. The lowest BCUT2D eigenvalue weighted by Crippen LogP contribution is -2.27. The Morgan fingerprint density at radius 1 is 1.31 bits per heavy atom. The molecule has 0 aromatic rings. The van der Waals surface area contributed by atoms with Gasteiger partial charge in [0.15, 0.2) is 0 Å². The fraction of sp³-hybridized carbons (Fsp3) is 0.714. The quantitative estimate of drug-likeness (QED) is 0.433. The predicted octanol–water partition coefficient (Wildman–Crippen LogP) is 0.868. The summed E-state index contributed by atoms with van der Waals surface area (Å²) < 4.78 is 0. The van der Waals surface area contributed by atoms with Crippen molar-refractivity contribution in [3.8, 4) is 0 Å². The number of hydrogen-bond acceptors (Lipinski definition) is 5. The number of hydrogen-bond donors (Lipinski definition) is 3. The lowest BCUT2D eigenvalue weighted by Gasteiger charge is -2.11. The van der Waals surface area contributed by atoms with Crippen LogP contribution in [-0.4, -0.2) is 11.7 Å². The van der Waals surface area contributed by atoms with E-state index >= 15 is 0 Å². The van der Waals surface area contributed by atoms with Crippen molar-refractivity contribution < 1.29 is 0 Å². The molecule has 1 aliphatic carbocycles. The summed E-state index contributed by atoms with van der Waals surface area (Å²) in [6, 6.07) is 0. The average molecular weight is 199 g/mol. The van der Waals surface area contributed by atoms with Gasteiger partial charge in [0.2, 0.25) is 5.96 Å². The highest BCUT2D eigenvalue weighted by Gasteiger charge is 2.07. The van der Waals surface area contributed by atoms with Crippen LogP contribution in [0.2, 0.25) is 0 Å². The van der Waals surface area contributed by atoms with Crippen molar-refractivity contribution in [2.24, 2.45) is 10.2 Å². The van der Waals surface area contributed by atoms with Crippen LogP contribution >= 0.6 is 8.88 Å². The Morgan fingerprint density at radius 3 is 2.85 bits per heavy atom. The highest BCUT2D eigenvalue weighted by Crippen LogP contribution is 2.14. The molecule has 0 aromatic heterocycles. The summed E-state index contributed by atoms with van der Waals surface area (Å²) in [4.78, 5) is 0. The molecule has 1 heterocycles. The molecule has 1 saturated carbocycles. The van der Waals surface area contributed by atoms with Crippen LogP contribution in [0.3, 0.4) is 0 Å². The van der Waals surface area contributed by atoms with Gasteiger partial charge in [0, 0.05) is 5.71 Å². The summed E-state index contributed by atoms with van der Waals surface area (Å²) in [6.45, 7) is 0. The molecule has 72 valence electrons. The molecule has 3 N–H and O–H groups in total. The van der Waals surface area contributed by atoms with Crippen LogP contribution in [0.1, 0.15) is 32.1 Å². The smallest absolute Gasteiger partial charge is 0.238 e. The molecular formula is C7H14N5P. The number of guanidine groups is 1. The molecule has 0 radical (unpaired) electrons. The van der Waals surface area contributed by atoms with Crippen molar-refractivity contribution in [1.82, 2.24) is 15.7 Å². The minimum Gasteiger partial charge on any atom is -0.317 e. The van der Waals surface area contributed by atoms with E-state index in [9.17, 15) is 0 Å². The van der Waals surface area contributed by atoms with E-state index in [1.54, 1.807) is 0 Å². The zero-order valence-corrected chi connectivity index (χ0v) is 8.43. The number of nitrogens with zero attached hydrogens (tertiary/aromatic N) is 2. The largest absolute Gasteiger partial charge is 0.317 e. The van der Waals surface area contributed by atoms with E-state index in [1.165, 1.54) is 25.0 Å². The van der Waals surface area contributed by atoms with Gasteiger partial charge in [-0.05, 0) is 25.7 Å². The zero-order chi connectivity index (χ0) is 8.93. The van der Waals surface area contributed by atoms with E-state index in [-0.39, 0.29) is 0 Å². The zero-order valence-electron chi connectivity index (χ0n) is 7.43. The Morgan fingerprint density at radius 2 is 2.15 bits per heavy atom. The second-order valence-electron chi connectivity index (χ2n) is 3.17. The van der Waals surface area contributed by atoms with Gasteiger partial charge in [-0.15, -0.1) is 5.10 Å². The molecule has 0 bridgehead atoms. The Hall–Kier alpha value is -0.830. The molecule has 5 nitrogen and oxygen atoms in total. The van der Waals surface area contributed by atoms with Gasteiger partial charge < -0.3 is 5.09 Å². The molecule has 2 aliphatic rings. The third kappa shape index (κ3) is 2.56. The van der Waals surface area contributed by atoms with Gasteiger partial charge in [0.1, 0.15) is 0 Å². The number of nitrogens with one attached hydrogen (secondary N) is 3. The Labute approximate surface area is 79.3 Å². The monoisotopic (exact) mass is 199 g/mol. The minimum atomic E-state index is 0.472. The molecule has 6 heteroatoms. The first kappa shape index (κ1) is 8.75. The maximum Gasteiger partial charge on any atom is 0.238 e. The van der Waals surface area contributed by atoms with Gasteiger partial charge >= 0.3 is 0 Å². The van der Waals surface area contributed by atoms with Crippen molar-refractivity contribution >= 4 is 20.6 Å². The first-order valence-corrected chi connectivity index (χ1v) is 5.60. The Balaban J connectivity index is 1.81. The highest BCUT2D eigenvalue weighted by atomic mass is 31.1. The van der Waals surface area contributed by atoms with Crippen LogP contribution in [0, 0.1) is 0 Å². The fourth-order valence-electron chi connectivity index (χ4n) is 1.46. The second kappa shape index (κ2) is 4.42. The minimum absolute atomic E-state index is 0.472. The summed E-state index contributed by atoms with van der Waals surface area (Å²) in [6.07, 6.45) is 6.17. The molecule has 1 fully saturated rings. The van der Waals surface area contributed by atoms with Gasteiger partial charge in [-0.25, -0.2) is 5.43 Å². The normalized spacial score (nSPS) is 23.4. The number of hydrazone groups is 2. The van der Waals surface area contributed by atoms with Crippen LogP contribution < -0.4 is 15.7 Å². The summed E-state index contributed by atoms with van der Waals surface area (Å²) >= 11 is 0. The molecule has 2 rings (SSSR count). The standard InChI is InChI=1S/C7H14N5P/c1-2-4-6(5-3-1)8-9-7-10-12-13-11-7/h12-13H,1-5H2,(H2,9,10,11). The van der Waals surface area contributed by atoms with Crippen LogP contribution in [0.5, 0.6) is 0 Å². The van der Waals surface area contributed by atoms with Gasteiger partial charge in [-0.2, -0.15) is 5.10 Å². The highest BCUT2D eigenvalue weighted by molar-refractivity contribution is 7.34. The summed E-state index contributed by atoms with van der Waals surface area (Å²) in [5.74, 6) is 0.733. The van der Waals surface area contributed by atoms with E-state index in [0.717, 1.165) is 18.8 Å². The molecule has 1 aliphatic heterocycles. The Bertz CT molecular complexity index is 229. The van der Waals surface area contributed by atoms with Crippen molar-refractivity contribution in [3.05, 3.63) is 0 Å². The predicted molar refractivity (Wildman–Crippen MR) is 55.7 cm³/mol. The third-order valence-electron chi connectivity index (χ3n) is 2.16. The lowest BCUT2D eigenvalue weighted by atomic mass is 9.99. The first-order chi connectivity index (χ1) is 6.45. The van der Waals surface area contributed by atoms with Crippen molar-refractivity contribution in [2.45, 2.75) is 32.1 Å². The van der Waals surface area contributed by atoms with Gasteiger partial charge in [0.25, 0.3) is 0 Å². The van der Waals surface area contributed by atoms with E-state index in [1.807, 2.05) is 0 Å². The molecular weight excluding hydrogens is 185 g/mol. The van der Waals surface area contributed by atoms with Crippen molar-refractivity contribution in [3.63, 3.8) is 0 Å². The van der Waals surface area contributed by atoms with Crippen LogP contribution in [0.4, 0.5) is 0 Å². The average Bonchev–Trinajstić information content (AvgIpc) is 2.69.